The molecule has 1 aliphatic rings. The van der Waals surface area contributed by atoms with Gasteiger partial charge in [-0.25, -0.2) is 17.5 Å². The Morgan fingerprint density at radius 2 is 2.28 bits per heavy atom. The predicted octanol–water partition coefficient (Wildman–Crippen LogP) is 2.05. The lowest BCUT2D eigenvalue weighted by molar-refractivity contribution is 0.114. The first-order chi connectivity index (χ1) is 8.49. The first kappa shape index (κ1) is 13.9. The third-order valence-electron chi connectivity index (χ3n) is 2.71. The highest BCUT2D eigenvalue weighted by atomic mass is 79.9. The van der Waals surface area contributed by atoms with E-state index in [1.165, 1.54) is 12.1 Å². The molecule has 0 radical (unpaired) electrons. The van der Waals surface area contributed by atoms with Crippen LogP contribution in [0, 0.1) is 5.82 Å². The van der Waals surface area contributed by atoms with E-state index in [1.54, 1.807) is 0 Å². The van der Waals surface area contributed by atoms with Crippen molar-refractivity contribution in [1.82, 2.24) is 4.72 Å². The molecule has 1 fully saturated rings. The Morgan fingerprint density at radius 1 is 1.50 bits per heavy atom. The molecule has 100 valence electrons. The van der Waals surface area contributed by atoms with E-state index in [2.05, 4.69) is 20.7 Å². The maximum Gasteiger partial charge on any atom is 0.243 e. The van der Waals surface area contributed by atoms with Crippen molar-refractivity contribution >= 4 is 26.0 Å². The summed E-state index contributed by atoms with van der Waals surface area (Å²) >= 11 is 3.08. The van der Waals surface area contributed by atoms with Crippen LogP contribution in [0.1, 0.15) is 12.8 Å². The summed E-state index contributed by atoms with van der Waals surface area (Å²) in [5, 5.41) is 0. The van der Waals surface area contributed by atoms with Crippen LogP contribution < -0.4 is 4.72 Å². The van der Waals surface area contributed by atoms with Crippen LogP contribution in [-0.2, 0) is 14.8 Å². The third kappa shape index (κ3) is 3.28. The number of ether oxygens (including phenoxy) is 1. The molecule has 1 aliphatic heterocycles. The van der Waals surface area contributed by atoms with Gasteiger partial charge in [-0.3, -0.25) is 0 Å². The van der Waals surface area contributed by atoms with Gasteiger partial charge in [0.05, 0.1) is 6.10 Å². The summed E-state index contributed by atoms with van der Waals surface area (Å²) in [6.07, 6.45) is 1.64. The summed E-state index contributed by atoms with van der Waals surface area (Å²) < 4.78 is 45.5. The van der Waals surface area contributed by atoms with Crippen molar-refractivity contribution in [2.24, 2.45) is 0 Å². The van der Waals surface area contributed by atoms with Crippen LogP contribution in [0.5, 0.6) is 0 Å². The molecule has 2 rings (SSSR count). The quantitative estimate of drug-likeness (QED) is 0.914. The van der Waals surface area contributed by atoms with E-state index in [1.807, 2.05) is 0 Å². The second kappa shape index (κ2) is 5.64. The molecule has 1 heterocycles. The maximum absolute atomic E-state index is 13.6. The summed E-state index contributed by atoms with van der Waals surface area (Å²) in [4.78, 5) is -0.344. The molecule has 0 spiro atoms. The molecule has 4 nitrogen and oxygen atoms in total. The second-order valence-electron chi connectivity index (χ2n) is 4.06. The van der Waals surface area contributed by atoms with Crippen LogP contribution in [0.2, 0.25) is 0 Å². The van der Waals surface area contributed by atoms with Crippen LogP contribution in [-0.4, -0.2) is 27.7 Å². The molecule has 1 aromatic carbocycles. The first-order valence-corrected chi connectivity index (χ1v) is 7.83. The topological polar surface area (TPSA) is 55.4 Å². The zero-order valence-electron chi connectivity index (χ0n) is 9.53. The van der Waals surface area contributed by atoms with E-state index < -0.39 is 15.8 Å². The normalized spacial score (nSPS) is 20.2. The van der Waals surface area contributed by atoms with Gasteiger partial charge >= 0.3 is 0 Å². The molecule has 1 N–H and O–H groups in total. The van der Waals surface area contributed by atoms with Crippen LogP contribution in [0.15, 0.2) is 27.6 Å². The fourth-order valence-corrected chi connectivity index (χ4v) is 3.24. The van der Waals surface area contributed by atoms with Gasteiger partial charge in [0, 0.05) is 17.6 Å². The number of sulfonamides is 1. The summed E-state index contributed by atoms with van der Waals surface area (Å²) in [7, 11) is -3.82. The average Bonchev–Trinajstić information content (AvgIpc) is 2.78. The number of hydrogen-bond donors (Lipinski definition) is 1. The van der Waals surface area contributed by atoms with Crippen molar-refractivity contribution in [1.29, 1.82) is 0 Å². The second-order valence-corrected chi connectivity index (χ2v) is 6.71. The van der Waals surface area contributed by atoms with Crippen molar-refractivity contribution in [3.8, 4) is 0 Å². The minimum atomic E-state index is -3.82. The predicted molar refractivity (Wildman–Crippen MR) is 68.3 cm³/mol. The Morgan fingerprint density at radius 3 is 2.89 bits per heavy atom. The van der Waals surface area contributed by atoms with Gasteiger partial charge < -0.3 is 4.74 Å². The van der Waals surface area contributed by atoms with Crippen LogP contribution in [0.4, 0.5) is 4.39 Å². The van der Waals surface area contributed by atoms with Gasteiger partial charge in [0.15, 0.2) is 0 Å². The smallest absolute Gasteiger partial charge is 0.243 e. The summed E-state index contributed by atoms with van der Waals surface area (Å²) in [6.45, 7) is 0.830. The molecule has 0 aliphatic carbocycles. The van der Waals surface area contributed by atoms with Gasteiger partial charge in [-0.15, -0.1) is 0 Å². The van der Waals surface area contributed by atoms with Crippen molar-refractivity contribution in [2.45, 2.75) is 23.8 Å². The lowest BCUT2D eigenvalue weighted by Gasteiger charge is -2.11. The molecular formula is C11H13BrFNO3S. The monoisotopic (exact) mass is 337 g/mol. The van der Waals surface area contributed by atoms with Gasteiger partial charge in [0.25, 0.3) is 0 Å². The Balaban J connectivity index is 2.09. The molecule has 1 atom stereocenters. The molecular weight excluding hydrogens is 325 g/mol. The SMILES string of the molecule is O=S(=O)(NC[C@@H]1CCCO1)c1ccc(Br)cc1F. The standard InChI is InChI=1S/C11H13BrFNO3S/c12-8-3-4-11(10(13)6-8)18(15,16)14-7-9-2-1-5-17-9/h3-4,6,9,14H,1-2,5,7H2/t9-/m0/s1. The van der Waals surface area contributed by atoms with Gasteiger partial charge in [-0.1, -0.05) is 15.9 Å². The lowest BCUT2D eigenvalue weighted by atomic mass is 10.2. The van der Waals surface area contributed by atoms with Crippen LogP contribution >= 0.6 is 15.9 Å². The Bertz CT molecular complexity index is 529. The number of hydrogen-bond acceptors (Lipinski definition) is 3. The van der Waals surface area contributed by atoms with E-state index in [0.29, 0.717) is 11.1 Å². The lowest BCUT2D eigenvalue weighted by Crippen LogP contribution is -2.32. The van der Waals surface area contributed by atoms with Crippen LogP contribution in [0.3, 0.4) is 0 Å². The van der Waals surface area contributed by atoms with E-state index >= 15 is 0 Å². The molecule has 7 heteroatoms. The fourth-order valence-electron chi connectivity index (χ4n) is 1.78. The van der Waals surface area contributed by atoms with Crippen LogP contribution in [0.25, 0.3) is 0 Å². The largest absolute Gasteiger partial charge is 0.377 e. The molecule has 0 amide bonds. The molecule has 0 aromatic heterocycles. The number of rotatable bonds is 4. The summed E-state index contributed by atoms with van der Waals surface area (Å²) in [6, 6.07) is 3.85. The minimum absolute atomic E-state index is 0.113. The van der Waals surface area contributed by atoms with Gasteiger partial charge in [-0.2, -0.15) is 0 Å². The maximum atomic E-state index is 13.6. The summed E-state index contributed by atoms with van der Waals surface area (Å²) in [5.74, 6) is -0.774. The molecule has 0 saturated carbocycles. The Kier molecular flexibility index (Phi) is 4.37. The van der Waals surface area contributed by atoms with Gasteiger partial charge in [-0.05, 0) is 31.0 Å². The van der Waals surface area contributed by atoms with E-state index in [4.69, 9.17) is 4.74 Å². The average molecular weight is 338 g/mol. The summed E-state index contributed by atoms with van der Waals surface area (Å²) in [5.41, 5.74) is 0. The van der Waals surface area contributed by atoms with Crippen molar-refractivity contribution in [3.05, 3.63) is 28.5 Å². The zero-order valence-corrected chi connectivity index (χ0v) is 11.9. The Hall–Kier alpha value is -0.500. The van der Waals surface area contributed by atoms with E-state index in [-0.39, 0.29) is 17.5 Å². The number of benzene rings is 1. The first-order valence-electron chi connectivity index (χ1n) is 5.55. The highest BCUT2D eigenvalue weighted by molar-refractivity contribution is 9.10. The fraction of sp³-hybridized carbons (Fsp3) is 0.455. The number of halogens is 2. The highest BCUT2D eigenvalue weighted by Gasteiger charge is 2.22. The van der Waals surface area contributed by atoms with E-state index in [0.717, 1.165) is 18.9 Å². The van der Waals surface area contributed by atoms with Gasteiger partial charge in [0.1, 0.15) is 10.7 Å². The van der Waals surface area contributed by atoms with Gasteiger partial charge in [0.2, 0.25) is 10.0 Å². The molecule has 0 unspecified atom stereocenters. The van der Waals surface area contributed by atoms with Crippen molar-refractivity contribution in [3.63, 3.8) is 0 Å². The molecule has 1 aromatic rings. The highest BCUT2D eigenvalue weighted by Crippen LogP contribution is 2.19. The van der Waals surface area contributed by atoms with Crippen molar-refractivity contribution < 1.29 is 17.5 Å². The molecule has 1 saturated heterocycles. The van der Waals surface area contributed by atoms with Crippen molar-refractivity contribution in [2.75, 3.05) is 13.2 Å². The zero-order chi connectivity index (χ0) is 13.2. The minimum Gasteiger partial charge on any atom is -0.377 e. The number of nitrogens with one attached hydrogen (secondary N) is 1. The molecule has 18 heavy (non-hydrogen) atoms. The van der Waals surface area contributed by atoms with E-state index in [9.17, 15) is 12.8 Å². The third-order valence-corrected chi connectivity index (χ3v) is 4.66. The molecule has 0 bridgehead atoms. The Labute approximate surface area is 114 Å².